The van der Waals surface area contributed by atoms with Gasteiger partial charge in [-0.1, -0.05) is 72.8 Å². The van der Waals surface area contributed by atoms with E-state index in [1.165, 1.54) is 0 Å². The standard InChI is InChI=1S/C33H32N2O6/c1-38-27-15-13-24(17-29(27)39-2)19-31(36)35(21-23-9-5-3-6-10-23)32(26-11-7-4-8-12-26)33(37)34-20-25-14-16-28-30(18-25)41-22-40-28/h3-18,32H,19-22H2,1-2H3,(H,34,37). The zero-order valence-electron chi connectivity index (χ0n) is 23.0. The predicted molar refractivity (Wildman–Crippen MR) is 154 cm³/mol. The van der Waals surface area contributed by atoms with E-state index in [9.17, 15) is 9.59 Å². The van der Waals surface area contributed by atoms with Crippen LogP contribution in [0, 0.1) is 0 Å². The van der Waals surface area contributed by atoms with Crippen LogP contribution in [0.15, 0.2) is 97.1 Å². The fourth-order valence-corrected chi connectivity index (χ4v) is 4.82. The molecule has 210 valence electrons. The average Bonchev–Trinajstić information content (AvgIpc) is 3.49. The van der Waals surface area contributed by atoms with Crippen LogP contribution in [-0.2, 0) is 29.1 Å². The molecule has 0 spiro atoms. The fraction of sp³-hybridized carbons (Fsp3) is 0.212. The van der Waals surface area contributed by atoms with Crippen LogP contribution in [-0.4, -0.2) is 37.7 Å². The molecule has 0 bridgehead atoms. The van der Waals surface area contributed by atoms with Gasteiger partial charge in [0.15, 0.2) is 23.0 Å². The molecule has 8 nitrogen and oxygen atoms in total. The van der Waals surface area contributed by atoms with Gasteiger partial charge in [0.1, 0.15) is 6.04 Å². The molecule has 1 N–H and O–H groups in total. The third-order valence-corrected chi connectivity index (χ3v) is 6.90. The monoisotopic (exact) mass is 552 g/mol. The van der Waals surface area contributed by atoms with Gasteiger partial charge in [-0.15, -0.1) is 0 Å². The van der Waals surface area contributed by atoms with Crippen molar-refractivity contribution in [1.82, 2.24) is 10.2 Å². The van der Waals surface area contributed by atoms with E-state index in [1.807, 2.05) is 84.9 Å². The molecule has 1 atom stereocenters. The normalized spacial score (nSPS) is 12.3. The summed E-state index contributed by atoms with van der Waals surface area (Å²) >= 11 is 0. The van der Waals surface area contributed by atoms with E-state index in [4.69, 9.17) is 18.9 Å². The first kappa shape index (κ1) is 27.6. The van der Waals surface area contributed by atoms with Crippen molar-refractivity contribution in [2.24, 2.45) is 0 Å². The Morgan fingerprint density at radius 1 is 0.780 bits per heavy atom. The van der Waals surface area contributed by atoms with Crippen molar-refractivity contribution in [3.8, 4) is 23.0 Å². The summed E-state index contributed by atoms with van der Waals surface area (Å²) in [5, 5.41) is 3.04. The van der Waals surface area contributed by atoms with Gasteiger partial charge < -0.3 is 29.2 Å². The van der Waals surface area contributed by atoms with E-state index in [0.29, 0.717) is 28.6 Å². The van der Waals surface area contributed by atoms with Crippen molar-refractivity contribution < 1.29 is 28.5 Å². The summed E-state index contributed by atoms with van der Waals surface area (Å²) in [6, 6.07) is 29.1. The summed E-state index contributed by atoms with van der Waals surface area (Å²) in [7, 11) is 3.12. The number of carbonyl (C=O) groups excluding carboxylic acids is 2. The SMILES string of the molecule is COc1ccc(CC(=O)N(Cc2ccccc2)C(C(=O)NCc2ccc3c(c2)OCO3)c2ccccc2)cc1OC. The molecule has 1 heterocycles. The molecule has 4 aromatic carbocycles. The van der Waals surface area contributed by atoms with Crippen LogP contribution >= 0.6 is 0 Å². The number of hydrogen-bond acceptors (Lipinski definition) is 6. The van der Waals surface area contributed by atoms with E-state index in [0.717, 1.165) is 16.7 Å². The maximum absolute atomic E-state index is 14.0. The van der Waals surface area contributed by atoms with Crippen molar-refractivity contribution >= 4 is 11.8 Å². The van der Waals surface area contributed by atoms with Crippen LogP contribution in [0.1, 0.15) is 28.3 Å². The van der Waals surface area contributed by atoms with Gasteiger partial charge in [-0.2, -0.15) is 0 Å². The zero-order valence-corrected chi connectivity index (χ0v) is 23.0. The molecular weight excluding hydrogens is 520 g/mol. The van der Waals surface area contributed by atoms with Crippen LogP contribution in [0.2, 0.25) is 0 Å². The van der Waals surface area contributed by atoms with Crippen LogP contribution in [0.3, 0.4) is 0 Å². The fourth-order valence-electron chi connectivity index (χ4n) is 4.82. The van der Waals surface area contributed by atoms with Gasteiger partial charge in [0.05, 0.1) is 20.6 Å². The molecule has 41 heavy (non-hydrogen) atoms. The number of hydrogen-bond donors (Lipinski definition) is 1. The smallest absolute Gasteiger partial charge is 0.247 e. The van der Waals surface area contributed by atoms with E-state index in [1.54, 1.807) is 31.3 Å². The summed E-state index contributed by atoms with van der Waals surface area (Å²) in [4.78, 5) is 29.6. The number of fused-ring (bicyclic) bond motifs is 1. The molecule has 0 fully saturated rings. The Hall–Kier alpha value is -4.98. The number of benzene rings is 4. The number of carbonyl (C=O) groups is 2. The van der Waals surface area contributed by atoms with Crippen molar-refractivity contribution in [2.75, 3.05) is 21.0 Å². The molecule has 2 amide bonds. The van der Waals surface area contributed by atoms with E-state index < -0.39 is 6.04 Å². The number of nitrogens with one attached hydrogen (secondary N) is 1. The first-order chi connectivity index (χ1) is 20.1. The summed E-state index contributed by atoms with van der Waals surface area (Å²) in [6.45, 7) is 0.698. The highest BCUT2D eigenvalue weighted by molar-refractivity contribution is 5.89. The third kappa shape index (κ3) is 6.61. The number of amides is 2. The number of methoxy groups -OCH3 is 2. The number of ether oxygens (including phenoxy) is 4. The molecule has 1 aliphatic rings. The highest BCUT2D eigenvalue weighted by atomic mass is 16.7. The molecule has 4 aromatic rings. The van der Waals surface area contributed by atoms with E-state index >= 15 is 0 Å². The lowest BCUT2D eigenvalue weighted by Gasteiger charge is -2.32. The lowest BCUT2D eigenvalue weighted by molar-refractivity contribution is -0.141. The zero-order chi connectivity index (χ0) is 28.6. The van der Waals surface area contributed by atoms with Gasteiger partial charge in [-0.3, -0.25) is 9.59 Å². The molecule has 1 unspecified atom stereocenters. The van der Waals surface area contributed by atoms with Crippen molar-refractivity contribution in [1.29, 1.82) is 0 Å². The highest BCUT2D eigenvalue weighted by Gasteiger charge is 2.31. The van der Waals surface area contributed by atoms with Gasteiger partial charge in [0.2, 0.25) is 18.6 Å². The maximum atomic E-state index is 14.0. The van der Waals surface area contributed by atoms with Crippen LogP contribution < -0.4 is 24.3 Å². The van der Waals surface area contributed by atoms with E-state index in [2.05, 4.69) is 5.32 Å². The second kappa shape index (κ2) is 12.9. The Morgan fingerprint density at radius 2 is 1.46 bits per heavy atom. The van der Waals surface area contributed by atoms with Gasteiger partial charge in [0.25, 0.3) is 0 Å². The third-order valence-electron chi connectivity index (χ3n) is 6.90. The molecule has 8 heteroatoms. The van der Waals surface area contributed by atoms with Gasteiger partial charge >= 0.3 is 0 Å². The van der Waals surface area contributed by atoms with Crippen molar-refractivity contribution in [3.05, 3.63) is 119 Å². The minimum Gasteiger partial charge on any atom is -0.493 e. The largest absolute Gasteiger partial charge is 0.493 e. The predicted octanol–water partition coefficient (Wildman–Crippen LogP) is 5.06. The van der Waals surface area contributed by atoms with Crippen LogP contribution in [0.25, 0.3) is 0 Å². The highest BCUT2D eigenvalue weighted by Crippen LogP contribution is 2.33. The van der Waals surface area contributed by atoms with Crippen molar-refractivity contribution in [2.45, 2.75) is 25.6 Å². The van der Waals surface area contributed by atoms with Crippen LogP contribution in [0.4, 0.5) is 0 Å². The molecule has 1 aliphatic heterocycles. The Morgan fingerprint density at radius 3 is 2.20 bits per heavy atom. The molecule has 0 saturated carbocycles. The van der Waals surface area contributed by atoms with Gasteiger partial charge in [-0.25, -0.2) is 0 Å². The molecule has 5 rings (SSSR count). The quantitative estimate of drug-likeness (QED) is 0.280. The second-order valence-corrected chi connectivity index (χ2v) is 9.59. The Kier molecular flexibility index (Phi) is 8.69. The lowest BCUT2D eigenvalue weighted by Crippen LogP contribution is -2.43. The Balaban J connectivity index is 1.44. The van der Waals surface area contributed by atoms with Gasteiger partial charge in [-0.05, 0) is 46.5 Å². The van der Waals surface area contributed by atoms with Gasteiger partial charge in [0, 0.05) is 13.1 Å². The number of nitrogens with zero attached hydrogens (tertiary/aromatic N) is 1. The summed E-state index contributed by atoms with van der Waals surface area (Å²) < 4.78 is 21.7. The topological polar surface area (TPSA) is 86.3 Å². The maximum Gasteiger partial charge on any atom is 0.247 e. The lowest BCUT2D eigenvalue weighted by atomic mass is 10.0. The second-order valence-electron chi connectivity index (χ2n) is 9.59. The Bertz CT molecular complexity index is 1490. The minimum absolute atomic E-state index is 0.0754. The minimum atomic E-state index is -0.863. The summed E-state index contributed by atoms with van der Waals surface area (Å²) in [5.74, 6) is 1.95. The summed E-state index contributed by atoms with van der Waals surface area (Å²) in [5.41, 5.74) is 3.24. The average molecular weight is 553 g/mol. The molecule has 0 radical (unpaired) electrons. The van der Waals surface area contributed by atoms with E-state index in [-0.39, 0.29) is 38.1 Å². The first-order valence-corrected chi connectivity index (χ1v) is 13.3. The first-order valence-electron chi connectivity index (χ1n) is 13.3. The number of rotatable bonds is 11. The van der Waals surface area contributed by atoms with Crippen LogP contribution in [0.5, 0.6) is 23.0 Å². The molecular formula is C33H32N2O6. The molecule has 0 saturated heterocycles. The Labute approximate surface area is 239 Å². The molecule has 0 aliphatic carbocycles. The molecule has 0 aromatic heterocycles. The summed E-state index contributed by atoms with van der Waals surface area (Å²) in [6.07, 6.45) is 0.0754. The van der Waals surface area contributed by atoms with Crippen molar-refractivity contribution in [3.63, 3.8) is 0 Å².